The minimum absolute atomic E-state index is 0.181. The second-order valence-corrected chi connectivity index (χ2v) is 6.38. The van der Waals surface area contributed by atoms with Gasteiger partial charge in [-0.1, -0.05) is 60.7 Å². The molecule has 24 heavy (non-hydrogen) atoms. The number of nitrogens with one attached hydrogen (secondary N) is 1. The summed E-state index contributed by atoms with van der Waals surface area (Å²) >= 11 is 1.40. The maximum Gasteiger partial charge on any atom is 0.284 e. The van der Waals surface area contributed by atoms with Gasteiger partial charge in [0.1, 0.15) is 0 Å². The number of anilines is 1. The molecule has 1 amide bonds. The zero-order chi connectivity index (χ0) is 16.4. The number of para-hydroxylation sites is 2. The number of thiazole rings is 1. The number of hydrogen-bond acceptors (Lipinski definition) is 3. The summed E-state index contributed by atoms with van der Waals surface area (Å²) in [6.45, 7) is 0. The van der Waals surface area contributed by atoms with E-state index in [0.29, 0.717) is 5.01 Å². The summed E-state index contributed by atoms with van der Waals surface area (Å²) < 4.78 is 1.01. The van der Waals surface area contributed by atoms with E-state index in [1.54, 1.807) is 0 Å². The Bertz CT molecular complexity index is 975. The fraction of sp³-hybridized carbons (Fsp3) is 0. The van der Waals surface area contributed by atoms with Gasteiger partial charge >= 0.3 is 0 Å². The normalized spacial score (nSPS) is 10.7. The Balaban J connectivity index is 1.67. The molecule has 4 heteroatoms. The lowest BCUT2D eigenvalue weighted by atomic mass is 10.0. The SMILES string of the molecule is O=C(Nc1ccccc1-c1ccccc1)c1nc2ccccc2s1. The average molecular weight is 330 g/mol. The Morgan fingerprint density at radius 2 is 1.54 bits per heavy atom. The van der Waals surface area contributed by atoms with Crippen molar-refractivity contribution in [2.45, 2.75) is 0 Å². The van der Waals surface area contributed by atoms with Crippen LogP contribution in [-0.2, 0) is 0 Å². The van der Waals surface area contributed by atoms with Crippen molar-refractivity contribution in [2.75, 3.05) is 5.32 Å². The minimum atomic E-state index is -0.181. The van der Waals surface area contributed by atoms with Crippen LogP contribution in [0.5, 0.6) is 0 Å². The zero-order valence-corrected chi connectivity index (χ0v) is 13.6. The van der Waals surface area contributed by atoms with Gasteiger partial charge < -0.3 is 5.32 Å². The molecule has 0 unspecified atom stereocenters. The standard InChI is InChI=1S/C20H14N2OS/c23-19(20-22-17-12-6-7-13-18(17)24-20)21-16-11-5-4-10-15(16)14-8-2-1-3-9-14/h1-13H,(H,21,23). The third-order valence-electron chi connectivity index (χ3n) is 3.75. The van der Waals surface area contributed by atoms with Gasteiger partial charge in [-0.3, -0.25) is 4.79 Å². The second kappa shape index (κ2) is 6.26. The minimum Gasteiger partial charge on any atom is -0.319 e. The summed E-state index contributed by atoms with van der Waals surface area (Å²) in [6, 6.07) is 25.6. The molecule has 0 atom stereocenters. The number of carbonyl (C=O) groups excluding carboxylic acids is 1. The Morgan fingerprint density at radius 1 is 0.833 bits per heavy atom. The van der Waals surface area contributed by atoms with Crippen molar-refractivity contribution in [1.82, 2.24) is 4.98 Å². The molecule has 0 aliphatic rings. The Labute approximate surface area is 143 Å². The van der Waals surface area contributed by atoms with E-state index in [0.717, 1.165) is 27.0 Å². The lowest BCUT2D eigenvalue weighted by molar-refractivity contribution is 0.102. The Kier molecular flexibility index (Phi) is 3.81. The predicted octanol–water partition coefficient (Wildman–Crippen LogP) is 5.22. The Hall–Kier alpha value is -2.98. The largest absolute Gasteiger partial charge is 0.319 e. The van der Waals surface area contributed by atoms with Gasteiger partial charge in [-0.25, -0.2) is 4.98 Å². The molecule has 1 N–H and O–H groups in total. The van der Waals surface area contributed by atoms with Gasteiger partial charge in [0.15, 0.2) is 5.01 Å². The molecule has 3 nitrogen and oxygen atoms in total. The lowest BCUT2D eigenvalue weighted by Crippen LogP contribution is -2.12. The first-order valence-corrected chi connectivity index (χ1v) is 8.44. The maximum atomic E-state index is 12.6. The van der Waals surface area contributed by atoms with Gasteiger partial charge in [-0.05, 0) is 23.8 Å². The lowest BCUT2D eigenvalue weighted by Gasteiger charge is -2.10. The molecule has 4 rings (SSSR count). The van der Waals surface area contributed by atoms with E-state index in [-0.39, 0.29) is 5.91 Å². The summed E-state index contributed by atoms with van der Waals surface area (Å²) in [5, 5.41) is 3.47. The van der Waals surface area contributed by atoms with Gasteiger partial charge in [0.25, 0.3) is 5.91 Å². The van der Waals surface area contributed by atoms with Crippen molar-refractivity contribution in [2.24, 2.45) is 0 Å². The molecule has 116 valence electrons. The van der Waals surface area contributed by atoms with Crippen LogP contribution in [-0.4, -0.2) is 10.9 Å². The molecular formula is C20H14N2OS. The molecule has 0 spiro atoms. The number of nitrogens with zero attached hydrogens (tertiary/aromatic N) is 1. The molecule has 4 aromatic rings. The van der Waals surface area contributed by atoms with E-state index in [9.17, 15) is 4.79 Å². The summed E-state index contributed by atoms with van der Waals surface area (Å²) in [5.41, 5.74) is 3.70. The first kappa shape index (κ1) is 14.6. The molecule has 0 radical (unpaired) electrons. The topological polar surface area (TPSA) is 42.0 Å². The van der Waals surface area contributed by atoms with Crippen LogP contribution in [0.1, 0.15) is 9.80 Å². The van der Waals surface area contributed by atoms with Crippen LogP contribution in [0.4, 0.5) is 5.69 Å². The molecule has 0 aliphatic carbocycles. The highest BCUT2D eigenvalue weighted by Crippen LogP contribution is 2.29. The summed E-state index contributed by atoms with van der Waals surface area (Å²) in [7, 11) is 0. The quantitative estimate of drug-likeness (QED) is 0.560. The fourth-order valence-corrected chi connectivity index (χ4v) is 3.47. The van der Waals surface area contributed by atoms with Crippen molar-refractivity contribution >= 4 is 33.1 Å². The van der Waals surface area contributed by atoms with E-state index in [1.807, 2.05) is 78.9 Å². The van der Waals surface area contributed by atoms with Gasteiger partial charge in [0.05, 0.1) is 10.2 Å². The third kappa shape index (κ3) is 2.79. The summed E-state index contributed by atoms with van der Waals surface area (Å²) in [5.74, 6) is -0.181. The van der Waals surface area contributed by atoms with Crippen molar-refractivity contribution in [3.63, 3.8) is 0 Å². The van der Waals surface area contributed by atoms with Gasteiger partial charge in [0, 0.05) is 11.3 Å². The molecular weight excluding hydrogens is 316 g/mol. The van der Waals surface area contributed by atoms with Crippen molar-refractivity contribution in [1.29, 1.82) is 0 Å². The fourth-order valence-electron chi connectivity index (χ4n) is 2.61. The van der Waals surface area contributed by atoms with Crippen LogP contribution in [0.3, 0.4) is 0 Å². The maximum absolute atomic E-state index is 12.6. The van der Waals surface area contributed by atoms with E-state index in [1.165, 1.54) is 11.3 Å². The highest BCUT2D eigenvalue weighted by Gasteiger charge is 2.14. The molecule has 3 aromatic carbocycles. The number of amides is 1. The monoisotopic (exact) mass is 330 g/mol. The van der Waals surface area contributed by atoms with Crippen LogP contribution < -0.4 is 5.32 Å². The molecule has 0 bridgehead atoms. The van der Waals surface area contributed by atoms with Crippen LogP contribution in [0, 0.1) is 0 Å². The van der Waals surface area contributed by atoms with Crippen LogP contribution in [0.15, 0.2) is 78.9 Å². The molecule has 1 aromatic heterocycles. The van der Waals surface area contributed by atoms with Crippen LogP contribution in [0.2, 0.25) is 0 Å². The van der Waals surface area contributed by atoms with Crippen molar-refractivity contribution in [3.8, 4) is 11.1 Å². The van der Waals surface area contributed by atoms with Crippen LogP contribution in [0.25, 0.3) is 21.3 Å². The van der Waals surface area contributed by atoms with Gasteiger partial charge in [-0.15, -0.1) is 11.3 Å². The number of aromatic nitrogens is 1. The predicted molar refractivity (Wildman–Crippen MR) is 99.5 cm³/mol. The highest BCUT2D eigenvalue weighted by molar-refractivity contribution is 7.20. The van der Waals surface area contributed by atoms with E-state index < -0.39 is 0 Å². The van der Waals surface area contributed by atoms with E-state index in [2.05, 4.69) is 10.3 Å². The summed E-state index contributed by atoms with van der Waals surface area (Å²) in [4.78, 5) is 17.0. The highest BCUT2D eigenvalue weighted by atomic mass is 32.1. The third-order valence-corrected chi connectivity index (χ3v) is 4.78. The number of hydrogen-bond donors (Lipinski definition) is 1. The molecule has 0 aliphatic heterocycles. The number of fused-ring (bicyclic) bond motifs is 1. The number of benzene rings is 3. The first-order valence-electron chi connectivity index (χ1n) is 7.62. The molecule has 0 saturated heterocycles. The molecule has 1 heterocycles. The second-order valence-electron chi connectivity index (χ2n) is 5.35. The van der Waals surface area contributed by atoms with Crippen molar-refractivity contribution < 1.29 is 4.79 Å². The Morgan fingerprint density at radius 3 is 2.38 bits per heavy atom. The number of carbonyl (C=O) groups is 1. The first-order chi connectivity index (χ1) is 11.8. The smallest absolute Gasteiger partial charge is 0.284 e. The van der Waals surface area contributed by atoms with E-state index in [4.69, 9.17) is 0 Å². The van der Waals surface area contributed by atoms with Crippen molar-refractivity contribution in [3.05, 3.63) is 83.9 Å². The van der Waals surface area contributed by atoms with Crippen LogP contribution >= 0.6 is 11.3 Å². The van der Waals surface area contributed by atoms with E-state index >= 15 is 0 Å². The van der Waals surface area contributed by atoms with Gasteiger partial charge in [0.2, 0.25) is 0 Å². The molecule has 0 fully saturated rings. The van der Waals surface area contributed by atoms with Gasteiger partial charge in [-0.2, -0.15) is 0 Å². The summed E-state index contributed by atoms with van der Waals surface area (Å²) in [6.07, 6.45) is 0. The average Bonchev–Trinajstić information content (AvgIpc) is 3.07. The molecule has 0 saturated carbocycles. The zero-order valence-electron chi connectivity index (χ0n) is 12.8. The number of rotatable bonds is 3.